The van der Waals surface area contributed by atoms with Crippen molar-refractivity contribution in [3.63, 3.8) is 0 Å². The van der Waals surface area contributed by atoms with Crippen LogP contribution in [0.5, 0.6) is 0 Å². The number of hydrogen-bond donors (Lipinski definition) is 3. The largest absolute Gasteiger partial charge is 0.373 e. The van der Waals surface area contributed by atoms with E-state index in [0.717, 1.165) is 31.7 Å². The number of nitrogens with zero attached hydrogens (tertiary/aromatic N) is 3. The number of carbonyl (C=O) groups excluding carboxylic acids is 1. The van der Waals surface area contributed by atoms with E-state index in [0.29, 0.717) is 30.0 Å². The molecule has 3 aliphatic rings. The molecule has 3 aliphatic heterocycles. The molecular formula is C17H26N6O2S. The highest BCUT2D eigenvalue weighted by atomic mass is 32.2. The number of aromatic nitrogens is 2. The van der Waals surface area contributed by atoms with Gasteiger partial charge in [-0.3, -0.25) is 4.79 Å². The summed E-state index contributed by atoms with van der Waals surface area (Å²) in [6.07, 6.45) is 4.35. The van der Waals surface area contributed by atoms with Crippen LogP contribution in [0, 0.1) is 11.8 Å². The van der Waals surface area contributed by atoms with Crippen molar-refractivity contribution in [3.05, 3.63) is 6.07 Å². The molecule has 8 nitrogen and oxygen atoms in total. The number of ether oxygens (including phenoxy) is 1. The van der Waals surface area contributed by atoms with Gasteiger partial charge in [-0.25, -0.2) is 0 Å². The van der Waals surface area contributed by atoms with Crippen LogP contribution in [0.1, 0.15) is 12.8 Å². The van der Waals surface area contributed by atoms with E-state index in [4.69, 9.17) is 10.5 Å². The molecule has 0 aromatic carbocycles. The number of rotatable bonds is 6. The molecule has 2 bridgehead atoms. The Balaban J connectivity index is 1.50. The fraction of sp³-hybridized carbons (Fsp3) is 0.706. The SMILES string of the molecule is CNc1cc(N2C[C@@H]3[C@H](CNC(=O)CSC)[C@H]4CC[C@]3(C2)O4)nc(N)n1. The fourth-order valence-electron chi connectivity index (χ4n) is 4.79. The van der Waals surface area contributed by atoms with Crippen LogP contribution < -0.4 is 21.3 Å². The molecule has 4 heterocycles. The third-order valence-electron chi connectivity index (χ3n) is 5.90. The number of nitrogen functional groups attached to an aromatic ring is 1. The van der Waals surface area contributed by atoms with Crippen LogP contribution in [-0.4, -0.2) is 66.3 Å². The molecule has 3 fully saturated rings. The number of fused-ring (bicyclic) bond motifs is 1. The van der Waals surface area contributed by atoms with E-state index in [1.165, 1.54) is 0 Å². The maximum atomic E-state index is 11.9. The van der Waals surface area contributed by atoms with Crippen LogP contribution in [0.3, 0.4) is 0 Å². The molecule has 1 amide bonds. The second-order valence-electron chi connectivity index (χ2n) is 7.37. The van der Waals surface area contributed by atoms with Crippen LogP contribution in [-0.2, 0) is 9.53 Å². The number of nitrogens with two attached hydrogens (primary N) is 1. The summed E-state index contributed by atoms with van der Waals surface area (Å²) < 4.78 is 6.44. The number of hydrogen-bond acceptors (Lipinski definition) is 8. The van der Waals surface area contributed by atoms with Crippen molar-refractivity contribution in [1.82, 2.24) is 15.3 Å². The van der Waals surface area contributed by atoms with Crippen molar-refractivity contribution in [2.24, 2.45) is 11.8 Å². The summed E-state index contributed by atoms with van der Waals surface area (Å²) in [6, 6.07) is 1.93. The Labute approximate surface area is 157 Å². The zero-order chi connectivity index (χ0) is 18.3. The Morgan fingerprint density at radius 3 is 3.15 bits per heavy atom. The summed E-state index contributed by atoms with van der Waals surface area (Å²) in [5, 5.41) is 6.12. The summed E-state index contributed by atoms with van der Waals surface area (Å²) in [5.41, 5.74) is 5.75. The number of amides is 1. The van der Waals surface area contributed by atoms with Crippen molar-refractivity contribution >= 4 is 35.3 Å². The number of thioether (sulfide) groups is 1. The van der Waals surface area contributed by atoms with Crippen LogP contribution in [0.2, 0.25) is 0 Å². The van der Waals surface area contributed by atoms with Gasteiger partial charge in [0.15, 0.2) is 0 Å². The van der Waals surface area contributed by atoms with Crippen molar-refractivity contribution in [3.8, 4) is 0 Å². The first-order valence-corrected chi connectivity index (χ1v) is 10.4. The van der Waals surface area contributed by atoms with Crippen LogP contribution >= 0.6 is 11.8 Å². The molecule has 4 N–H and O–H groups in total. The third kappa shape index (κ3) is 2.96. The average molecular weight is 379 g/mol. The molecule has 9 heteroatoms. The Morgan fingerprint density at radius 1 is 1.54 bits per heavy atom. The molecule has 4 atom stereocenters. The van der Waals surface area contributed by atoms with Gasteiger partial charge in [0.05, 0.1) is 17.5 Å². The second kappa shape index (κ2) is 6.77. The van der Waals surface area contributed by atoms with Crippen molar-refractivity contribution in [1.29, 1.82) is 0 Å². The van der Waals surface area contributed by atoms with Crippen molar-refractivity contribution in [2.45, 2.75) is 24.5 Å². The third-order valence-corrected chi connectivity index (χ3v) is 6.46. The first-order chi connectivity index (χ1) is 12.5. The van der Waals surface area contributed by atoms with E-state index in [9.17, 15) is 4.79 Å². The highest BCUT2D eigenvalue weighted by Gasteiger charge is 2.63. The topological polar surface area (TPSA) is 105 Å². The molecule has 1 aromatic heterocycles. The fourth-order valence-corrected chi connectivity index (χ4v) is 5.16. The van der Waals surface area contributed by atoms with E-state index in [2.05, 4.69) is 25.5 Å². The van der Waals surface area contributed by atoms with Crippen molar-refractivity contribution < 1.29 is 9.53 Å². The monoisotopic (exact) mass is 378 g/mol. The van der Waals surface area contributed by atoms with Gasteiger partial charge in [-0.15, -0.1) is 0 Å². The van der Waals surface area contributed by atoms with Gasteiger partial charge in [0.1, 0.15) is 11.6 Å². The summed E-state index contributed by atoms with van der Waals surface area (Å²) in [4.78, 5) is 22.7. The second-order valence-corrected chi connectivity index (χ2v) is 8.23. The zero-order valence-corrected chi connectivity index (χ0v) is 16.0. The van der Waals surface area contributed by atoms with E-state index in [-0.39, 0.29) is 23.6 Å². The lowest BCUT2D eigenvalue weighted by atomic mass is 9.73. The molecule has 0 radical (unpaired) electrons. The maximum Gasteiger partial charge on any atom is 0.229 e. The van der Waals surface area contributed by atoms with Gasteiger partial charge in [-0.1, -0.05) is 0 Å². The first-order valence-electron chi connectivity index (χ1n) is 9.05. The molecule has 1 spiro atoms. The van der Waals surface area contributed by atoms with Gasteiger partial charge in [-0.2, -0.15) is 21.7 Å². The van der Waals surface area contributed by atoms with Crippen molar-refractivity contribution in [2.75, 3.05) is 54.6 Å². The highest BCUT2D eigenvalue weighted by molar-refractivity contribution is 7.99. The normalized spacial score (nSPS) is 31.9. The summed E-state index contributed by atoms with van der Waals surface area (Å²) >= 11 is 1.54. The lowest BCUT2D eigenvalue weighted by molar-refractivity contribution is -0.118. The Bertz CT molecular complexity index is 704. The molecule has 26 heavy (non-hydrogen) atoms. The Morgan fingerprint density at radius 2 is 2.38 bits per heavy atom. The lowest BCUT2D eigenvalue weighted by Gasteiger charge is -2.29. The minimum absolute atomic E-state index is 0.103. The predicted molar refractivity (Wildman–Crippen MR) is 103 cm³/mol. The smallest absolute Gasteiger partial charge is 0.229 e. The number of carbonyl (C=O) groups is 1. The Hall–Kier alpha value is -1.74. The quantitative estimate of drug-likeness (QED) is 0.660. The minimum Gasteiger partial charge on any atom is -0.373 e. The van der Waals surface area contributed by atoms with E-state index in [1.807, 2.05) is 19.4 Å². The minimum atomic E-state index is -0.112. The number of anilines is 3. The van der Waals surface area contributed by atoms with Crippen LogP contribution in [0.25, 0.3) is 0 Å². The highest BCUT2D eigenvalue weighted by Crippen LogP contribution is 2.55. The molecule has 1 aromatic rings. The molecule has 0 saturated carbocycles. The molecule has 0 unspecified atom stereocenters. The number of nitrogens with one attached hydrogen (secondary N) is 2. The molecular weight excluding hydrogens is 352 g/mol. The molecule has 0 aliphatic carbocycles. The van der Waals surface area contributed by atoms with Gasteiger partial charge in [0.25, 0.3) is 0 Å². The lowest BCUT2D eigenvalue weighted by Crippen LogP contribution is -2.42. The summed E-state index contributed by atoms with van der Waals surface area (Å²) in [5.74, 6) is 3.20. The zero-order valence-electron chi connectivity index (χ0n) is 15.2. The van der Waals surface area contributed by atoms with Crippen LogP contribution in [0.15, 0.2) is 6.07 Å². The van der Waals surface area contributed by atoms with Gasteiger partial charge in [-0.05, 0) is 19.1 Å². The maximum absolute atomic E-state index is 11.9. The van der Waals surface area contributed by atoms with Gasteiger partial charge in [0.2, 0.25) is 11.9 Å². The van der Waals surface area contributed by atoms with E-state index < -0.39 is 0 Å². The van der Waals surface area contributed by atoms with Crippen LogP contribution in [0.4, 0.5) is 17.6 Å². The molecule has 142 valence electrons. The molecule has 4 rings (SSSR count). The van der Waals surface area contributed by atoms with Gasteiger partial charge in [0, 0.05) is 44.6 Å². The van der Waals surface area contributed by atoms with Gasteiger partial charge >= 0.3 is 0 Å². The standard InChI is InChI=1S/C17H26N6O2S/c1-19-13-5-14(22-16(18)21-13)23-7-11-10(6-20-15(24)8-26-2)12-3-4-17(11,9-23)25-12/h5,10-12H,3-4,6-9H2,1-2H3,(H,20,24)(H3,18,19,21,22)/t10-,11+,12+,17+/m0/s1. The average Bonchev–Trinajstić information content (AvgIpc) is 3.28. The first kappa shape index (κ1) is 17.7. The van der Waals surface area contributed by atoms with E-state index >= 15 is 0 Å². The molecule has 3 saturated heterocycles. The van der Waals surface area contributed by atoms with E-state index in [1.54, 1.807) is 11.8 Å². The predicted octanol–water partition coefficient (Wildman–Crippen LogP) is 0.564. The van der Waals surface area contributed by atoms with Gasteiger partial charge < -0.3 is 26.0 Å². The summed E-state index contributed by atoms with van der Waals surface area (Å²) in [7, 11) is 1.82. The Kier molecular flexibility index (Phi) is 4.60. The summed E-state index contributed by atoms with van der Waals surface area (Å²) in [6.45, 7) is 2.39.